The van der Waals surface area contributed by atoms with Crippen molar-refractivity contribution in [3.63, 3.8) is 0 Å². The van der Waals surface area contributed by atoms with Crippen molar-refractivity contribution in [3.05, 3.63) is 29.3 Å². The minimum Gasteiger partial charge on any atom is -0.494 e. The number of rotatable bonds is 3. The first-order chi connectivity index (χ1) is 8.15. The van der Waals surface area contributed by atoms with Crippen molar-refractivity contribution in [2.45, 2.75) is 31.7 Å². The van der Waals surface area contributed by atoms with Crippen LogP contribution in [0.15, 0.2) is 12.1 Å². The summed E-state index contributed by atoms with van der Waals surface area (Å²) in [6.07, 6.45) is 4.06. The van der Waals surface area contributed by atoms with Gasteiger partial charge in [0.05, 0.1) is 7.11 Å². The molecule has 2 N–H and O–H groups in total. The minimum atomic E-state index is -0.660. The molecule has 0 aliphatic heterocycles. The molecule has 1 saturated carbocycles. The van der Waals surface area contributed by atoms with Gasteiger partial charge in [-0.2, -0.15) is 0 Å². The van der Waals surface area contributed by atoms with Gasteiger partial charge in [-0.3, -0.25) is 0 Å². The summed E-state index contributed by atoms with van der Waals surface area (Å²) in [6.45, 7) is 0. The molecular weight excluding hydrogens is 260 g/mol. The lowest BCUT2D eigenvalue weighted by Crippen LogP contribution is -2.22. The van der Waals surface area contributed by atoms with Gasteiger partial charge in [-0.25, -0.2) is 8.78 Å². The molecular formula is C13H18ClF2NO. The Balaban J connectivity index is 0.00000162. The maximum absolute atomic E-state index is 14.0. The van der Waals surface area contributed by atoms with Gasteiger partial charge in [-0.05, 0) is 30.9 Å². The molecule has 1 aliphatic carbocycles. The van der Waals surface area contributed by atoms with Crippen molar-refractivity contribution in [3.8, 4) is 5.75 Å². The van der Waals surface area contributed by atoms with E-state index in [0.29, 0.717) is 0 Å². The molecule has 2 nitrogen and oxygen atoms in total. The van der Waals surface area contributed by atoms with Crippen molar-refractivity contribution in [1.82, 2.24) is 0 Å². The highest BCUT2D eigenvalue weighted by molar-refractivity contribution is 5.85. The van der Waals surface area contributed by atoms with Crippen LogP contribution in [0.4, 0.5) is 8.78 Å². The van der Waals surface area contributed by atoms with E-state index in [1.165, 1.54) is 19.2 Å². The van der Waals surface area contributed by atoms with Crippen LogP contribution in [0.2, 0.25) is 0 Å². The fourth-order valence-electron chi connectivity index (χ4n) is 2.56. The second kappa shape index (κ2) is 6.34. The second-order valence-corrected chi connectivity index (χ2v) is 4.55. The van der Waals surface area contributed by atoms with Crippen molar-refractivity contribution < 1.29 is 13.5 Å². The Morgan fingerprint density at radius 2 is 1.89 bits per heavy atom. The van der Waals surface area contributed by atoms with Gasteiger partial charge in [-0.15, -0.1) is 12.4 Å². The zero-order chi connectivity index (χ0) is 12.4. The van der Waals surface area contributed by atoms with E-state index in [1.807, 2.05) is 0 Å². The van der Waals surface area contributed by atoms with Crippen LogP contribution in [0.5, 0.6) is 5.75 Å². The Bertz CT molecular complexity index is 408. The monoisotopic (exact) mass is 277 g/mol. The van der Waals surface area contributed by atoms with Crippen LogP contribution in [0.25, 0.3) is 0 Å². The molecule has 0 amide bonds. The maximum Gasteiger partial charge on any atom is 0.172 e. The Morgan fingerprint density at radius 1 is 1.28 bits per heavy atom. The Hall–Kier alpha value is -0.870. The molecule has 0 radical (unpaired) electrons. The van der Waals surface area contributed by atoms with Crippen LogP contribution in [0.1, 0.15) is 37.3 Å². The third kappa shape index (κ3) is 2.75. The van der Waals surface area contributed by atoms with E-state index in [2.05, 4.69) is 0 Å². The lowest BCUT2D eigenvalue weighted by molar-refractivity contribution is 0.364. The first kappa shape index (κ1) is 15.2. The van der Waals surface area contributed by atoms with Crippen molar-refractivity contribution in [2.75, 3.05) is 7.11 Å². The molecule has 0 unspecified atom stereocenters. The normalized spacial score (nSPS) is 17.3. The number of ether oxygens (including phenoxy) is 1. The predicted octanol–water partition coefficient (Wildman–Crippen LogP) is 3.59. The number of hydrogen-bond acceptors (Lipinski definition) is 2. The highest BCUT2D eigenvalue weighted by atomic mass is 35.5. The number of benzene rings is 1. The standard InChI is InChI=1S/C13H17F2NO.ClH/c1-17-10-7-6-9(14)11(12(10)15)13(16)8-4-2-3-5-8;/h6-8,13H,2-5,16H2,1H3;1H/t13-;/m0./s1. The molecule has 1 atom stereocenters. The molecule has 1 fully saturated rings. The van der Waals surface area contributed by atoms with Gasteiger partial charge < -0.3 is 10.5 Å². The molecule has 0 bridgehead atoms. The summed E-state index contributed by atoms with van der Waals surface area (Å²) < 4.78 is 32.5. The first-order valence-corrected chi connectivity index (χ1v) is 5.92. The van der Waals surface area contributed by atoms with Crippen LogP contribution >= 0.6 is 12.4 Å². The van der Waals surface area contributed by atoms with E-state index < -0.39 is 17.7 Å². The van der Waals surface area contributed by atoms with Crippen molar-refractivity contribution >= 4 is 12.4 Å². The Kier molecular flexibility index (Phi) is 5.35. The summed E-state index contributed by atoms with van der Waals surface area (Å²) in [5.74, 6) is -1.02. The highest BCUT2D eigenvalue weighted by Crippen LogP contribution is 2.37. The molecule has 18 heavy (non-hydrogen) atoms. The van der Waals surface area contributed by atoms with Gasteiger partial charge in [0.1, 0.15) is 5.82 Å². The second-order valence-electron chi connectivity index (χ2n) is 4.55. The fraction of sp³-hybridized carbons (Fsp3) is 0.538. The van der Waals surface area contributed by atoms with Gasteiger partial charge in [0.2, 0.25) is 0 Å². The first-order valence-electron chi connectivity index (χ1n) is 5.92. The summed E-state index contributed by atoms with van der Waals surface area (Å²) >= 11 is 0. The molecule has 5 heteroatoms. The molecule has 0 aromatic heterocycles. The van der Waals surface area contributed by atoms with Gasteiger partial charge in [0.25, 0.3) is 0 Å². The fourth-order valence-corrected chi connectivity index (χ4v) is 2.56. The maximum atomic E-state index is 14.0. The molecule has 0 spiro atoms. The summed E-state index contributed by atoms with van der Waals surface area (Å²) in [5, 5.41) is 0. The topological polar surface area (TPSA) is 35.2 Å². The SMILES string of the molecule is COc1ccc(F)c([C@@H](N)C2CCCC2)c1F.Cl. The van der Waals surface area contributed by atoms with E-state index >= 15 is 0 Å². The molecule has 0 saturated heterocycles. The molecule has 0 heterocycles. The lowest BCUT2D eigenvalue weighted by atomic mass is 9.91. The average molecular weight is 278 g/mol. The van der Waals surface area contributed by atoms with E-state index in [1.54, 1.807) is 0 Å². The predicted molar refractivity (Wildman–Crippen MR) is 69.0 cm³/mol. The zero-order valence-corrected chi connectivity index (χ0v) is 11.1. The Morgan fingerprint density at radius 3 is 2.44 bits per heavy atom. The Labute approximate surface area is 112 Å². The molecule has 1 aliphatic rings. The third-order valence-corrected chi connectivity index (χ3v) is 3.55. The van der Waals surface area contributed by atoms with Crippen LogP contribution in [0.3, 0.4) is 0 Å². The number of methoxy groups -OCH3 is 1. The summed E-state index contributed by atoms with van der Waals surface area (Å²) in [6, 6.07) is 1.93. The number of hydrogen-bond donors (Lipinski definition) is 1. The number of halogens is 3. The molecule has 102 valence electrons. The van der Waals surface area contributed by atoms with Crippen LogP contribution in [-0.2, 0) is 0 Å². The summed E-state index contributed by atoms with van der Waals surface area (Å²) in [7, 11) is 1.36. The van der Waals surface area contributed by atoms with Gasteiger partial charge in [0, 0.05) is 11.6 Å². The van der Waals surface area contributed by atoms with Crippen LogP contribution in [-0.4, -0.2) is 7.11 Å². The van der Waals surface area contributed by atoms with Crippen LogP contribution in [0, 0.1) is 17.6 Å². The van der Waals surface area contributed by atoms with Crippen molar-refractivity contribution in [2.24, 2.45) is 11.7 Å². The number of nitrogens with two attached hydrogens (primary N) is 1. The summed E-state index contributed by atoms with van der Waals surface area (Å²) in [5.41, 5.74) is 5.96. The lowest BCUT2D eigenvalue weighted by Gasteiger charge is -2.21. The minimum absolute atomic E-state index is 0. The van der Waals surface area contributed by atoms with E-state index in [9.17, 15) is 8.78 Å². The van der Waals surface area contributed by atoms with Gasteiger partial charge in [0.15, 0.2) is 11.6 Å². The van der Waals surface area contributed by atoms with E-state index in [0.717, 1.165) is 25.7 Å². The quantitative estimate of drug-likeness (QED) is 0.916. The third-order valence-electron chi connectivity index (χ3n) is 3.55. The van der Waals surface area contributed by atoms with Gasteiger partial charge in [-0.1, -0.05) is 12.8 Å². The largest absolute Gasteiger partial charge is 0.494 e. The van der Waals surface area contributed by atoms with E-state index in [-0.39, 0.29) is 29.6 Å². The molecule has 1 aromatic rings. The van der Waals surface area contributed by atoms with Crippen molar-refractivity contribution in [1.29, 1.82) is 0 Å². The smallest absolute Gasteiger partial charge is 0.172 e. The van der Waals surface area contributed by atoms with Gasteiger partial charge >= 0.3 is 0 Å². The van der Waals surface area contributed by atoms with E-state index in [4.69, 9.17) is 10.5 Å². The zero-order valence-electron chi connectivity index (χ0n) is 10.3. The molecule has 1 aromatic carbocycles. The highest BCUT2D eigenvalue weighted by Gasteiger charge is 2.28. The van der Waals surface area contributed by atoms with Crippen LogP contribution < -0.4 is 10.5 Å². The summed E-state index contributed by atoms with van der Waals surface area (Å²) in [4.78, 5) is 0. The molecule has 2 rings (SSSR count). The average Bonchev–Trinajstić information content (AvgIpc) is 2.82.